The van der Waals surface area contributed by atoms with Crippen LogP contribution < -0.4 is 0 Å². The van der Waals surface area contributed by atoms with Crippen molar-refractivity contribution >= 4 is 39.1 Å². The van der Waals surface area contributed by atoms with Crippen molar-refractivity contribution in [2.24, 2.45) is 0 Å². The van der Waals surface area contributed by atoms with Crippen molar-refractivity contribution in [1.82, 2.24) is 0 Å². The zero-order chi connectivity index (χ0) is 6.57. The molecular formula is C5H8O3Pb. The summed E-state index contributed by atoms with van der Waals surface area (Å²) >= 11 is 0. The van der Waals surface area contributed by atoms with Crippen molar-refractivity contribution in [3.05, 3.63) is 0 Å². The number of rotatable bonds is 3. The maximum Gasteiger partial charge on any atom is 0.303 e. The van der Waals surface area contributed by atoms with E-state index in [4.69, 9.17) is 5.11 Å². The third-order valence-corrected chi connectivity index (χ3v) is 0.691. The third-order valence-electron chi connectivity index (χ3n) is 0.691. The van der Waals surface area contributed by atoms with Crippen molar-refractivity contribution in [1.29, 1.82) is 0 Å². The van der Waals surface area contributed by atoms with Crippen LogP contribution in [0.15, 0.2) is 0 Å². The number of aliphatic carboxylic acids is 1. The van der Waals surface area contributed by atoms with Crippen LogP contribution in [0.1, 0.15) is 19.8 Å². The molecule has 0 aliphatic rings. The fraction of sp³-hybridized carbons (Fsp3) is 0.600. The molecule has 0 aliphatic heterocycles. The Morgan fingerprint density at radius 1 is 1.33 bits per heavy atom. The summed E-state index contributed by atoms with van der Waals surface area (Å²) in [6.45, 7) is 1.38. The van der Waals surface area contributed by atoms with Crippen LogP contribution in [0.2, 0.25) is 0 Å². The molecule has 0 heterocycles. The third kappa shape index (κ3) is 11.6. The number of carbonyl (C=O) groups excluding carboxylic acids is 1. The number of carbonyl (C=O) groups is 2. The predicted molar refractivity (Wildman–Crippen MR) is 33.3 cm³/mol. The summed E-state index contributed by atoms with van der Waals surface area (Å²) in [5.74, 6) is -0.993. The smallest absolute Gasteiger partial charge is 0.303 e. The minimum Gasteiger partial charge on any atom is -0.481 e. The van der Waals surface area contributed by atoms with Gasteiger partial charge in [0.15, 0.2) is 0 Å². The first-order valence-corrected chi connectivity index (χ1v) is 2.34. The summed E-state index contributed by atoms with van der Waals surface area (Å²) in [5.41, 5.74) is 0. The van der Waals surface area contributed by atoms with Gasteiger partial charge in [0.1, 0.15) is 5.78 Å². The van der Waals surface area contributed by atoms with Gasteiger partial charge in [0.05, 0.1) is 6.42 Å². The predicted octanol–water partition coefficient (Wildman–Crippen LogP) is 0.0594. The molecule has 0 saturated carbocycles. The molecule has 0 fully saturated rings. The molecule has 4 heteroatoms. The minimum atomic E-state index is -0.916. The molecule has 0 atom stereocenters. The van der Waals surface area contributed by atoms with Gasteiger partial charge in [0, 0.05) is 33.7 Å². The molecule has 0 aromatic rings. The Morgan fingerprint density at radius 3 is 1.89 bits per heavy atom. The Morgan fingerprint density at radius 2 is 1.78 bits per heavy atom. The molecule has 4 radical (unpaired) electrons. The molecule has 9 heavy (non-hydrogen) atoms. The van der Waals surface area contributed by atoms with Crippen LogP contribution in [0.25, 0.3) is 0 Å². The molecule has 0 spiro atoms. The van der Waals surface area contributed by atoms with Gasteiger partial charge in [-0.2, -0.15) is 0 Å². The van der Waals surface area contributed by atoms with Crippen molar-refractivity contribution < 1.29 is 14.7 Å². The fourth-order valence-electron chi connectivity index (χ4n) is 0.283. The zero-order valence-corrected chi connectivity index (χ0v) is 9.07. The molecule has 0 bridgehead atoms. The Balaban J connectivity index is 0. The van der Waals surface area contributed by atoms with Crippen LogP contribution in [0.3, 0.4) is 0 Å². The molecule has 0 rings (SSSR count). The number of hydrogen-bond acceptors (Lipinski definition) is 2. The van der Waals surface area contributed by atoms with Crippen LogP contribution in [-0.2, 0) is 9.59 Å². The molecule has 0 aliphatic carbocycles. The van der Waals surface area contributed by atoms with Crippen molar-refractivity contribution in [3.63, 3.8) is 0 Å². The second-order valence-electron chi connectivity index (χ2n) is 1.60. The molecular weight excluding hydrogens is 315 g/mol. The first-order chi connectivity index (χ1) is 3.63. The quantitative estimate of drug-likeness (QED) is 0.747. The van der Waals surface area contributed by atoms with Crippen molar-refractivity contribution in [2.75, 3.05) is 0 Å². The Labute approximate surface area is 73.6 Å². The number of carboxylic acid groups (broad SMARTS) is 1. The van der Waals surface area contributed by atoms with Gasteiger partial charge in [-0.05, 0) is 6.92 Å². The van der Waals surface area contributed by atoms with E-state index < -0.39 is 5.97 Å². The van der Waals surface area contributed by atoms with Crippen LogP contribution in [0, 0.1) is 0 Å². The molecule has 0 saturated heterocycles. The van der Waals surface area contributed by atoms with E-state index in [0.29, 0.717) is 0 Å². The summed E-state index contributed by atoms with van der Waals surface area (Å²) in [6, 6.07) is 0. The van der Waals surface area contributed by atoms with Gasteiger partial charge in [-0.1, -0.05) is 0 Å². The molecule has 0 amide bonds. The van der Waals surface area contributed by atoms with Crippen LogP contribution in [0.4, 0.5) is 0 Å². The zero-order valence-electron chi connectivity index (χ0n) is 5.18. The minimum absolute atomic E-state index is 0. The average Bonchev–Trinajstić information content (AvgIpc) is 1.61. The number of carboxylic acids is 1. The Bertz CT molecular complexity index is 96.8. The molecule has 1 N–H and O–H groups in total. The summed E-state index contributed by atoms with van der Waals surface area (Å²) in [4.78, 5) is 19.8. The van der Waals surface area contributed by atoms with E-state index in [1.807, 2.05) is 0 Å². The maximum absolute atomic E-state index is 10.1. The second-order valence-corrected chi connectivity index (χ2v) is 1.60. The normalized spacial score (nSPS) is 7.67. The molecule has 0 unspecified atom stereocenters. The SMILES string of the molecule is CC(=O)CCC(=O)O.[Pb]. The van der Waals surface area contributed by atoms with E-state index in [9.17, 15) is 9.59 Å². The summed E-state index contributed by atoms with van der Waals surface area (Å²) in [5, 5.41) is 8.01. The standard InChI is InChI=1S/C5H8O3.Pb/c1-4(6)2-3-5(7)8;/h2-3H2,1H3,(H,7,8);. The summed E-state index contributed by atoms with van der Waals surface area (Å²) < 4.78 is 0. The first kappa shape index (κ1) is 11.8. The van der Waals surface area contributed by atoms with Gasteiger partial charge < -0.3 is 9.90 Å². The molecule has 3 nitrogen and oxygen atoms in total. The molecule has 0 aromatic heterocycles. The first-order valence-electron chi connectivity index (χ1n) is 2.34. The van der Waals surface area contributed by atoms with E-state index >= 15 is 0 Å². The number of hydrogen-bond donors (Lipinski definition) is 1. The van der Waals surface area contributed by atoms with Gasteiger partial charge in [0.2, 0.25) is 0 Å². The van der Waals surface area contributed by atoms with Gasteiger partial charge in [-0.25, -0.2) is 0 Å². The molecule has 50 valence electrons. The number of ketones is 1. The monoisotopic (exact) mass is 324 g/mol. The van der Waals surface area contributed by atoms with Gasteiger partial charge in [-0.15, -0.1) is 0 Å². The maximum atomic E-state index is 10.1. The summed E-state index contributed by atoms with van der Waals surface area (Å²) in [6.07, 6.45) is 0.102. The van der Waals surface area contributed by atoms with Gasteiger partial charge in [-0.3, -0.25) is 4.79 Å². The van der Waals surface area contributed by atoms with Crippen LogP contribution in [0.5, 0.6) is 0 Å². The van der Waals surface area contributed by atoms with Crippen molar-refractivity contribution in [3.8, 4) is 0 Å². The fourth-order valence-corrected chi connectivity index (χ4v) is 0.283. The topological polar surface area (TPSA) is 54.4 Å². The Hall–Kier alpha value is 0.0621. The van der Waals surface area contributed by atoms with E-state index in [2.05, 4.69) is 0 Å². The van der Waals surface area contributed by atoms with Crippen LogP contribution in [-0.4, -0.2) is 44.2 Å². The van der Waals surface area contributed by atoms with Crippen molar-refractivity contribution in [2.45, 2.75) is 19.8 Å². The second kappa shape index (κ2) is 6.19. The van der Waals surface area contributed by atoms with Gasteiger partial charge >= 0.3 is 5.97 Å². The van der Waals surface area contributed by atoms with Gasteiger partial charge in [0.25, 0.3) is 0 Å². The summed E-state index contributed by atoms with van der Waals surface area (Å²) in [7, 11) is 0. The van der Waals surface area contributed by atoms with E-state index in [1.165, 1.54) is 6.92 Å². The van der Waals surface area contributed by atoms with E-state index in [0.717, 1.165) is 0 Å². The van der Waals surface area contributed by atoms with Crippen LogP contribution >= 0.6 is 0 Å². The largest absolute Gasteiger partial charge is 0.481 e. The van der Waals surface area contributed by atoms with E-state index in [1.54, 1.807) is 0 Å². The Kier molecular flexibility index (Phi) is 8.12. The van der Waals surface area contributed by atoms with E-state index in [-0.39, 0.29) is 45.9 Å². The average molecular weight is 323 g/mol. The molecule has 0 aromatic carbocycles. The number of Topliss-reactive ketones (excluding diaryl/α,β-unsaturated/α-hetero) is 1.